The first-order chi connectivity index (χ1) is 10.1. The van der Waals surface area contributed by atoms with E-state index in [1.54, 1.807) is 23.6 Å². The average Bonchev–Trinajstić information content (AvgIpc) is 2.99. The Hall–Kier alpha value is -1.76. The molecule has 3 N–H and O–H groups in total. The normalized spacial score (nSPS) is 11.1. The summed E-state index contributed by atoms with van der Waals surface area (Å²) >= 11 is 1.76. The third-order valence-electron chi connectivity index (χ3n) is 3.25. The van der Waals surface area contributed by atoms with Gasteiger partial charge >= 0.3 is 0 Å². The molecule has 2 aromatic rings. The van der Waals surface area contributed by atoms with Gasteiger partial charge in [0, 0.05) is 30.2 Å². The third-order valence-corrected chi connectivity index (χ3v) is 4.11. The van der Waals surface area contributed by atoms with Gasteiger partial charge in [-0.3, -0.25) is 20.1 Å². The van der Waals surface area contributed by atoms with Crippen LogP contribution in [-0.4, -0.2) is 21.8 Å². The SMILES string of the molecule is CC(C)N(Cc1ccc(C(=O)NN)cn1)Cc1cccs1. The number of nitrogen functional groups attached to an aromatic ring is 1. The molecule has 112 valence electrons. The number of amides is 1. The summed E-state index contributed by atoms with van der Waals surface area (Å²) in [5.74, 6) is 4.78. The van der Waals surface area contributed by atoms with Crippen LogP contribution in [-0.2, 0) is 13.1 Å². The number of pyridine rings is 1. The van der Waals surface area contributed by atoms with Crippen LogP contribution in [0.1, 0.15) is 34.8 Å². The van der Waals surface area contributed by atoms with Crippen molar-refractivity contribution in [1.82, 2.24) is 15.3 Å². The predicted octanol–water partition coefficient (Wildman–Crippen LogP) is 2.16. The largest absolute Gasteiger partial charge is 0.290 e. The number of thiophene rings is 1. The van der Waals surface area contributed by atoms with Gasteiger partial charge in [0.1, 0.15) is 0 Å². The molecule has 0 aliphatic heterocycles. The van der Waals surface area contributed by atoms with E-state index >= 15 is 0 Å². The summed E-state index contributed by atoms with van der Waals surface area (Å²) in [5, 5.41) is 2.09. The zero-order chi connectivity index (χ0) is 15.2. The molecule has 0 fully saturated rings. The lowest BCUT2D eigenvalue weighted by molar-refractivity contribution is 0.0953. The molecule has 0 aliphatic carbocycles. The van der Waals surface area contributed by atoms with Gasteiger partial charge < -0.3 is 0 Å². The molecule has 2 aromatic heterocycles. The number of carbonyl (C=O) groups excluding carboxylic acids is 1. The van der Waals surface area contributed by atoms with Gasteiger partial charge in [0.25, 0.3) is 5.91 Å². The van der Waals surface area contributed by atoms with Crippen LogP contribution >= 0.6 is 11.3 Å². The van der Waals surface area contributed by atoms with Gasteiger partial charge in [-0.25, -0.2) is 5.84 Å². The smallest absolute Gasteiger partial charge is 0.266 e. The summed E-state index contributed by atoms with van der Waals surface area (Å²) in [5.41, 5.74) is 3.51. The van der Waals surface area contributed by atoms with Crippen LogP contribution < -0.4 is 11.3 Å². The fourth-order valence-corrected chi connectivity index (χ4v) is 2.70. The molecule has 0 bridgehead atoms. The van der Waals surface area contributed by atoms with Crippen molar-refractivity contribution in [1.29, 1.82) is 0 Å². The van der Waals surface area contributed by atoms with E-state index in [0.717, 1.165) is 18.8 Å². The Morgan fingerprint density at radius 2 is 2.19 bits per heavy atom. The van der Waals surface area contributed by atoms with Crippen molar-refractivity contribution in [3.63, 3.8) is 0 Å². The van der Waals surface area contributed by atoms with Gasteiger partial charge in [-0.1, -0.05) is 6.07 Å². The van der Waals surface area contributed by atoms with Crippen molar-refractivity contribution in [3.05, 3.63) is 52.0 Å². The first-order valence-electron chi connectivity index (χ1n) is 6.82. The first-order valence-corrected chi connectivity index (χ1v) is 7.70. The van der Waals surface area contributed by atoms with E-state index in [-0.39, 0.29) is 5.91 Å². The lowest BCUT2D eigenvalue weighted by Gasteiger charge is -2.25. The zero-order valence-corrected chi connectivity index (χ0v) is 13.1. The summed E-state index contributed by atoms with van der Waals surface area (Å²) in [7, 11) is 0. The van der Waals surface area contributed by atoms with Gasteiger partial charge in [0.2, 0.25) is 0 Å². The summed E-state index contributed by atoms with van der Waals surface area (Å²) < 4.78 is 0. The zero-order valence-electron chi connectivity index (χ0n) is 12.2. The van der Waals surface area contributed by atoms with Crippen LogP contribution in [0.5, 0.6) is 0 Å². The number of nitrogens with one attached hydrogen (secondary N) is 1. The quantitative estimate of drug-likeness (QED) is 0.487. The van der Waals surface area contributed by atoms with E-state index < -0.39 is 0 Å². The molecule has 0 saturated carbocycles. The Balaban J connectivity index is 2.04. The number of nitrogens with zero attached hydrogens (tertiary/aromatic N) is 2. The van der Waals surface area contributed by atoms with Gasteiger partial charge in [-0.05, 0) is 37.4 Å². The number of carbonyl (C=O) groups is 1. The van der Waals surface area contributed by atoms with E-state index in [0.29, 0.717) is 11.6 Å². The summed E-state index contributed by atoms with van der Waals surface area (Å²) in [6, 6.07) is 8.24. The lowest BCUT2D eigenvalue weighted by Crippen LogP contribution is -2.31. The van der Waals surface area contributed by atoms with Crippen molar-refractivity contribution in [2.45, 2.75) is 33.0 Å². The molecular formula is C15H20N4OS. The topological polar surface area (TPSA) is 71.2 Å². The second-order valence-electron chi connectivity index (χ2n) is 5.09. The van der Waals surface area contributed by atoms with Crippen molar-refractivity contribution in [2.24, 2.45) is 5.84 Å². The highest BCUT2D eigenvalue weighted by atomic mass is 32.1. The highest BCUT2D eigenvalue weighted by molar-refractivity contribution is 7.09. The van der Waals surface area contributed by atoms with Crippen molar-refractivity contribution in [3.8, 4) is 0 Å². The molecule has 21 heavy (non-hydrogen) atoms. The van der Waals surface area contributed by atoms with E-state index in [1.807, 2.05) is 6.07 Å². The van der Waals surface area contributed by atoms with Crippen LogP contribution in [0, 0.1) is 0 Å². The van der Waals surface area contributed by atoms with E-state index in [4.69, 9.17) is 5.84 Å². The van der Waals surface area contributed by atoms with Crippen molar-refractivity contribution in [2.75, 3.05) is 0 Å². The first kappa shape index (κ1) is 15.6. The minimum atomic E-state index is -0.326. The number of hydrogen-bond acceptors (Lipinski definition) is 5. The predicted molar refractivity (Wildman–Crippen MR) is 84.6 cm³/mol. The molecule has 0 radical (unpaired) electrons. The van der Waals surface area contributed by atoms with Crippen LogP contribution in [0.15, 0.2) is 35.8 Å². The molecule has 0 aliphatic rings. The Kier molecular flexibility index (Phi) is 5.44. The third kappa shape index (κ3) is 4.35. The number of rotatable bonds is 6. The molecule has 0 atom stereocenters. The van der Waals surface area contributed by atoms with E-state index in [9.17, 15) is 4.79 Å². The van der Waals surface area contributed by atoms with Gasteiger partial charge in [0.15, 0.2) is 0 Å². The maximum Gasteiger partial charge on any atom is 0.266 e. The minimum absolute atomic E-state index is 0.326. The second kappa shape index (κ2) is 7.31. The molecule has 5 nitrogen and oxygen atoms in total. The molecule has 0 unspecified atom stereocenters. The monoisotopic (exact) mass is 304 g/mol. The second-order valence-corrected chi connectivity index (χ2v) is 6.12. The van der Waals surface area contributed by atoms with Crippen molar-refractivity contribution >= 4 is 17.2 Å². The maximum absolute atomic E-state index is 11.4. The van der Waals surface area contributed by atoms with Crippen LogP contribution in [0.3, 0.4) is 0 Å². The fraction of sp³-hybridized carbons (Fsp3) is 0.333. The highest BCUT2D eigenvalue weighted by Gasteiger charge is 2.13. The fourth-order valence-electron chi connectivity index (χ4n) is 1.97. The number of hydrazine groups is 1. The molecular weight excluding hydrogens is 284 g/mol. The molecule has 1 amide bonds. The number of aromatic nitrogens is 1. The van der Waals surface area contributed by atoms with E-state index in [2.05, 4.69) is 46.7 Å². The molecule has 0 spiro atoms. The highest BCUT2D eigenvalue weighted by Crippen LogP contribution is 2.16. The van der Waals surface area contributed by atoms with Crippen LogP contribution in [0.25, 0.3) is 0 Å². The average molecular weight is 304 g/mol. The summed E-state index contributed by atoms with van der Waals surface area (Å²) in [6.07, 6.45) is 1.56. The molecule has 0 aromatic carbocycles. The molecule has 2 heterocycles. The van der Waals surface area contributed by atoms with Gasteiger partial charge in [-0.15, -0.1) is 11.3 Å². The molecule has 0 saturated heterocycles. The Bertz CT molecular complexity index is 566. The van der Waals surface area contributed by atoms with E-state index in [1.165, 1.54) is 4.88 Å². The summed E-state index contributed by atoms with van der Waals surface area (Å²) in [6.45, 7) is 6.00. The standard InChI is InChI=1S/C15H20N4OS/c1-11(2)19(10-14-4-3-7-21-14)9-13-6-5-12(8-17-13)15(20)18-16/h3-8,11H,9-10,16H2,1-2H3,(H,18,20). The van der Waals surface area contributed by atoms with Gasteiger partial charge in [-0.2, -0.15) is 0 Å². The minimum Gasteiger partial charge on any atom is -0.290 e. The molecule has 2 rings (SSSR count). The van der Waals surface area contributed by atoms with Crippen molar-refractivity contribution < 1.29 is 4.79 Å². The van der Waals surface area contributed by atoms with Crippen LogP contribution in [0.4, 0.5) is 0 Å². The summed E-state index contributed by atoms with van der Waals surface area (Å²) in [4.78, 5) is 19.4. The van der Waals surface area contributed by atoms with Crippen LogP contribution in [0.2, 0.25) is 0 Å². The number of hydrogen-bond donors (Lipinski definition) is 2. The Morgan fingerprint density at radius 3 is 2.71 bits per heavy atom. The molecule has 6 heteroatoms. The Labute approximate surface area is 128 Å². The Morgan fingerprint density at radius 1 is 1.38 bits per heavy atom. The number of nitrogens with two attached hydrogens (primary N) is 1. The van der Waals surface area contributed by atoms with Gasteiger partial charge in [0.05, 0.1) is 11.3 Å². The maximum atomic E-state index is 11.4. The lowest BCUT2D eigenvalue weighted by atomic mass is 10.2.